The van der Waals surface area contributed by atoms with Gasteiger partial charge in [-0.3, -0.25) is 0 Å². The third-order valence-corrected chi connectivity index (χ3v) is 8.43. The van der Waals surface area contributed by atoms with E-state index in [2.05, 4.69) is 0 Å². The largest absolute Gasteiger partial charge is 0.488 e. The van der Waals surface area contributed by atoms with E-state index in [-0.39, 0.29) is 5.19 Å². The minimum Gasteiger partial charge on any atom is -0.423 e. The zero-order chi connectivity index (χ0) is 31.6. The van der Waals surface area contributed by atoms with Gasteiger partial charge in [0.05, 0.1) is 19.2 Å². The summed E-state index contributed by atoms with van der Waals surface area (Å²) in [5.74, 6) is 0. The molecule has 28 heavy (non-hydrogen) atoms. The smallest absolute Gasteiger partial charge is 0.423 e. The molecule has 4 heteroatoms. The lowest BCUT2D eigenvalue weighted by Gasteiger charge is -2.34. The molecule has 0 heterocycles. The van der Waals surface area contributed by atoms with Crippen LogP contribution in [0.2, 0.25) is 0 Å². The van der Waals surface area contributed by atoms with Crippen molar-refractivity contribution in [2.75, 3.05) is 0 Å². The van der Waals surface area contributed by atoms with E-state index < -0.39 is 121 Å². The first-order valence-electron chi connectivity index (χ1n) is 15.2. The Balaban J connectivity index is 2.57. The van der Waals surface area contributed by atoms with Crippen LogP contribution in [-0.2, 0) is 0 Å². The van der Waals surface area contributed by atoms with Gasteiger partial charge in [-0.2, -0.15) is 0 Å². The van der Waals surface area contributed by atoms with Crippen LogP contribution in [0.15, 0.2) is 115 Å². The Hall–Kier alpha value is -2.92. The molecular weight excluding hydrogens is 359 g/mol. The third kappa shape index (κ3) is 3.22. The second-order valence-corrected chi connectivity index (χ2v) is 9.36. The van der Waals surface area contributed by atoms with E-state index in [1.807, 2.05) is 0 Å². The van der Waals surface area contributed by atoms with E-state index in [4.69, 9.17) is 19.2 Å². The van der Waals surface area contributed by atoms with Crippen LogP contribution in [0, 0.1) is 0 Å². The summed E-state index contributed by atoms with van der Waals surface area (Å²) in [6.45, 7) is 0. The standard InChI is InChI=1S/C24H21BO2Si/c26-25(27)20-11-10-18-24(19-20)28(21-12-4-1-5-13-21,22-14-6-2-7-15-22)23-16-8-3-9-17-23/h1-19,26-27H/i1D,2D,4D,5D,6D,7D,10D,11D,12D,13D,14D,15D,18D,19D. The van der Waals surface area contributed by atoms with Gasteiger partial charge >= 0.3 is 7.12 Å². The summed E-state index contributed by atoms with van der Waals surface area (Å²) >= 11 is 0. The first kappa shape index (κ1) is 8.21. The van der Waals surface area contributed by atoms with Crippen LogP contribution in [-0.4, -0.2) is 25.2 Å². The molecule has 136 valence electrons. The molecule has 4 aromatic rings. The van der Waals surface area contributed by atoms with Gasteiger partial charge in [0.2, 0.25) is 0 Å². The van der Waals surface area contributed by atoms with E-state index in [0.29, 0.717) is 0 Å². The van der Waals surface area contributed by atoms with Crippen molar-refractivity contribution in [1.29, 1.82) is 0 Å². The van der Waals surface area contributed by atoms with Gasteiger partial charge in [-0.25, -0.2) is 0 Å². The molecule has 0 bridgehead atoms. The summed E-state index contributed by atoms with van der Waals surface area (Å²) in [5.41, 5.74) is -0.835. The molecule has 0 saturated heterocycles. The van der Waals surface area contributed by atoms with Crippen molar-refractivity contribution in [1.82, 2.24) is 0 Å². The molecule has 0 radical (unpaired) electrons. The van der Waals surface area contributed by atoms with Gasteiger partial charge in [-0.1, -0.05) is 115 Å². The van der Waals surface area contributed by atoms with Crippen LogP contribution in [0.25, 0.3) is 0 Å². The summed E-state index contributed by atoms with van der Waals surface area (Å²) < 4.78 is 120. The molecule has 0 aliphatic rings. The average molecular weight is 394 g/mol. The molecule has 0 amide bonds. The van der Waals surface area contributed by atoms with Gasteiger partial charge in [0.15, 0.2) is 8.07 Å². The number of benzene rings is 4. The molecule has 0 aromatic heterocycles. The molecule has 0 saturated carbocycles. The normalized spacial score (nSPS) is 18.2. The average Bonchev–Trinajstić information content (AvgIpc) is 2.96. The van der Waals surface area contributed by atoms with Gasteiger partial charge in [0.25, 0.3) is 0 Å². The molecular formula is C24H21BO2Si. The van der Waals surface area contributed by atoms with Crippen LogP contribution >= 0.6 is 0 Å². The van der Waals surface area contributed by atoms with Crippen molar-refractivity contribution in [2.45, 2.75) is 0 Å². The van der Waals surface area contributed by atoms with Crippen LogP contribution in [0.3, 0.4) is 0 Å². The van der Waals surface area contributed by atoms with E-state index in [0.717, 1.165) is 0 Å². The molecule has 0 fully saturated rings. The fourth-order valence-electron chi connectivity index (χ4n) is 3.05. The lowest BCUT2D eigenvalue weighted by molar-refractivity contribution is 0.426. The van der Waals surface area contributed by atoms with Crippen molar-refractivity contribution in [2.24, 2.45) is 0 Å². The highest BCUT2D eigenvalue weighted by Gasteiger charge is 2.41. The quantitative estimate of drug-likeness (QED) is 0.387. The minimum atomic E-state index is -5.07. The van der Waals surface area contributed by atoms with Crippen LogP contribution in [0.1, 0.15) is 19.2 Å². The summed E-state index contributed by atoms with van der Waals surface area (Å²) in [6, 6.07) is -4.60. The van der Waals surface area contributed by atoms with Crippen molar-refractivity contribution in [3.8, 4) is 0 Å². The Morgan fingerprint density at radius 1 is 0.607 bits per heavy atom. The summed E-state index contributed by atoms with van der Waals surface area (Å²) in [7, 11) is -7.59. The van der Waals surface area contributed by atoms with E-state index in [9.17, 15) is 10.0 Å². The fourth-order valence-corrected chi connectivity index (χ4v) is 6.93. The van der Waals surface area contributed by atoms with Crippen molar-refractivity contribution < 1.29 is 29.2 Å². The van der Waals surface area contributed by atoms with Gasteiger partial charge in [-0.15, -0.1) is 0 Å². The van der Waals surface area contributed by atoms with Crippen molar-refractivity contribution >= 4 is 41.4 Å². The monoisotopic (exact) mass is 394 g/mol. The van der Waals surface area contributed by atoms with Crippen molar-refractivity contribution in [3.63, 3.8) is 0 Å². The predicted octanol–water partition coefficient (Wildman–Crippen LogP) is 0.744. The molecule has 0 spiro atoms. The number of hydrogen-bond donors (Lipinski definition) is 2. The first-order chi connectivity index (χ1) is 19.5. The highest BCUT2D eigenvalue weighted by atomic mass is 28.3. The Morgan fingerprint density at radius 3 is 1.68 bits per heavy atom. The molecule has 4 rings (SSSR count). The summed E-state index contributed by atoms with van der Waals surface area (Å²) in [4.78, 5) is 0. The van der Waals surface area contributed by atoms with Gasteiger partial charge in [0, 0.05) is 0 Å². The Bertz CT molecular complexity index is 1640. The third-order valence-electron chi connectivity index (χ3n) is 4.23. The predicted molar refractivity (Wildman–Crippen MR) is 120 cm³/mol. The molecule has 0 atom stereocenters. The Morgan fingerprint density at radius 2 is 1.14 bits per heavy atom. The SMILES string of the molecule is [2H]c1c([2H])c([2H])c([Si](c2ccccc2)(c2c([2H])c([2H])c([2H])c([2H])c2[2H])c2c([2H])c([2H])c([2H])c(B(O)O)c2[2H])c([2H])c1[2H]. The van der Waals surface area contributed by atoms with Gasteiger partial charge in [0.1, 0.15) is 0 Å². The first-order valence-corrected chi connectivity index (χ1v) is 10.2. The van der Waals surface area contributed by atoms with Crippen LogP contribution in [0.5, 0.6) is 0 Å². The highest BCUT2D eigenvalue weighted by molar-refractivity contribution is 7.20. The van der Waals surface area contributed by atoms with Crippen LogP contribution in [0.4, 0.5) is 0 Å². The lowest BCUT2D eigenvalue weighted by Crippen LogP contribution is -2.75. The van der Waals surface area contributed by atoms with E-state index >= 15 is 0 Å². The van der Waals surface area contributed by atoms with Gasteiger partial charge < -0.3 is 10.0 Å². The Labute approximate surface area is 186 Å². The number of hydrogen-bond acceptors (Lipinski definition) is 2. The second kappa shape index (κ2) is 7.99. The topological polar surface area (TPSA) is 40.5 Å². The molecule has 2 N–H and O–H groups in total. The van der Waals surface area contributed by atoms with E-state index in [1.165, 1.54) is 24.3 Å². The van der Waals surface area contributed by atoms with Crippen molar-refractivity contribution in [3.05, 3.63) is 115 Å². The van der Waals surface area contributed by atoms with E-state index in [1.54, 1.807) is 6.07 Å². The highest BCUT2D eigenvalue weighted by Crippen LogP contribution is 2.09. The minimum absolute atomic E-state index is 0.0135. The molecule has 0 aliphatic carbocycles. The second-order valence-electron chi connectivity index (χ2n) is 5.78. The zero-order valence-electron chi connectivity index (χ0n) is 28.4. The number of rotatable bonds is 5. The molecule has 2 nitrogen and oxygen atoms in total. The summed E-state index contributed by atoms with van der Waals surface area (Å²) in [6.07, 6.45) is 0. The summed E-state index contributed by atoms with van der Waals surface area (Å²) in [5, 5.41) is 18.5. The molecule has 0 aliphatic heterocycles. The fraction of sp³-hybridized carbons (Fsp3) is 0. The lowest BCUT2D eigenvalue weighted by atomic mass is 9.80. The maximum Gasteiger partial charge on any atom is 0.488 e. The van der Waals surface area contributed by atoms with Crippen LogP contribution < -0.4 is 26.2 Å². The molecule has 0 unspecified atom stereocenters. The Kier molecular flexibility index (Phi) is 2.34. The maximum absolute atomic E-state index is 10.1. The maximum atomic E-state index is 10.1. The van der Waals surface area contributed by atoms with Gasteiger partial charge in [-0.05, 0) is 26.2 Å². The zero-order valence-corrected chi connectivity index (χ0v) is 15.4. The molecule has 4 aromatic carbocycles.